The number of rotatable bonds is 7. The highest BCUT2D eigenvalue weighted by Gasteiger charge is 2.06. The van der Waals surface area contributed by atoms with Gasteiger partial charge in [0, 0.05) is 25.8 Å². The molecule has 0 radical (unpaired) electrons. The summed E-state index contributed by atoms with van der Waals surface area (Å²) in [5.74, 6) is -0.434. The number of unbranched alkanes of at least 4 members (excludes halogenated alkanes) is 2. The van der Waals surface area contributed by atoms with E-state index in [9.17, 15) is 9.18 Å². The van der Waals surface area contributed by atoms with Crippen molar-refractivity contribution in [3.05, 3.63) is 35.1 Å². The zero-order valence-corrected chi connectivity index (χ0v) is 11.0. The van der Waals surface area contributed by atoms with Gasteiger partial charge in [0.1, 0.15) is 5.82 Å². The van der Waals surface area contributed by atoms with Crippen LogP contribution in [0.4, 0.5) is 4.39 Å². The molecule has 0 heterocycles. The molecule has 18 heavy (non-hydrogen) atoms. The minimum atomic E-state index is -0.286. The fourth-order valence-electron chi connectivity index (χ4n) is 1.64. The van der Waals surface area contributed by atoms with Gasteiger partial charge in [0.25, 0.3) is 5.91 Å². The summed E-state index contributed by atoms with van der Waals surface area (Å²) in [7, 11) is 1.68. The van der Waals surface area contributed by atoms with E-state index in [1.165, 1.54) is 12.1 Å². The molecule has 1 aromatic rings. The number of carbonyl (C=O) groups is 1. The van der Waals surface area contributed by atoms with E-state index in [1.54, 1.807) is 20.1 Å². The molecule has 0 aromatic heterocycles. The Labute approximate surface area is 107 Å². The Morgan fingerprint density at radius 3 is 2.78 bits per heavy atom. The maximum Gasteiger partial charge on any atom is 0.251 e. The second-order valence-electron chi connectivity index (χ2n) is 4.27. The topological polar surface area (TPSA) is 38.3 Å². The fourth-order valence-corrected chi connectivity index (χ4v) is 1.64. The predicted octanol–water partition coefficient (Wildman–Crippen LogP) is 2.68. The number of aryl methyl sites for hydroxylation is 1. The van der Waals surface area contributed by atoms with Crippen molar-refractivity contribution in [2.45, 2.75) is 26.2 Å². The Hall–Kier alpha value is -1.42. The highest BCUT2D eigenvalue weighted by Crippen LogP contribution is 2.09. The van der Waals surface area contributed by atoms with Crippen molar-refractivity contribution in [3.63, 3.8) is 0 Å². The third-order valence-electron chi connectivity index (χ3n) is 2.73. The summed E-state index contributed by atoms with van der Waals surface area (Å²) in [4.78, 5) is 11.7. The SMILES string of the molecule is COCCCCCNC(=O)c1ccc(F)c(C)c1. The number of carbonyl (C=O) groups excluding carboxylic acids is 1. The summed E-state index contributed by atoms with van der Waals surface area (Å²) in [5.41, 5.74) is 0.994. The number of methoxy groups -OCH3 is 1. The zero-order valence-electron chi connectivity index (χ0n) is 11.0. The average Bonchev–Trinajstić information content (AvgIpc) is 2.36. The third-order valence-corrected chi connectivity index (χ3v) is 2.73. The van der Waals surface area contributed by atoms with E-state index in [2.05, 4.69) is 5.32 Å². The lowest BCUT2D eigenvalue weighted by Gasteiger charge is -2.06. The standard InChI is InChI=1S/C14H20FNO2/c1-11-10-12(6-7-13(11)15)14(17)16-8-4-3-5-9-18-2/h6-7,10H,3-5,8-9H2,1-2H3,(H,16,17). The van der Waals surface area contributed by atoms with E-state index >= 15 is 0 Å². The van der Waals surface area contributed by atoms with Gasteiger partial charge in [0.2, 0.25) is 0 Å². The Bertz CT molecular complexity index is 393. The van der Waals surface area contributed by atoms with Crippen LogP contribution >= 0.6 is 0 Å². The van der Waals surface area contributed by atoms with Gasteiger partial charge in [0.05, 0.1) is 0 Å². The van der Waals surface area contributed by atoms with Crippen LogP contribution in [0.25, 0.3) is 0 Å². The van der Waals surface area contributed by atoms with Crippen LogP contribution in [0.5, 0.6) is 0 Å². The molecule has 0 aliphatic rings. The van der Waals surface area contributed by atoms with Gasteiger partial charge < -0.3 is 10.1 Å². The maximum absolute atomic E-state index is 13.0. The maximum atomic E-state index is 13.0. The molecule has 1 rings (SSSR count). The third kappa shape index (κ3) is 4.84. The van der Waals surface area contributed by atoms with E-state index in [0.29, 0.717) is 17.7 Å². The van der Waals surface area contributed by atoms with Gasteiger partial charge in [-0.1, -0.05) is 0 Å². The minimum Gasteiger partial charge on any atom is -0.385 e. The monoisotopic (exact) mass is 253 g/mol. The molecule has 0 fully saturated rings. The molecule has 0 bridgehead atoms. The van der Waals surface area contributed by atoms with Crippen LogP contribution in [-0.2, 0) is 4.74 Å². The van der Waals surface area contributed by atoms with Gasteiger partial charge in [-0.05, 0) is 49.9 Å². The first-order valence-electron chi connectivity index (χ1n) is 6.18. The van der Waals surface area contributed by atoms with Crippen molar-refractivity contribution in [2.75, 3.05) is 20.3 Å². The van der Waals surface area contributed by atoms with Gasteiger partial charge >= 0.3 is 0 Å². The van der Waals surface area contributed by atoms with E-state index in [4.69, 9.17) is 4.74 Å². The normalized spacial score (nSPS) is 10.4. The van der Waals surface area contributed by atoms with Crippen molar-refractivity contribution in [3.8, 4) is 0 Å². The molecule has 0 aliphatic carbocycles. The second-order valence-corrected chi connectivity index (χ2v) is 4.27. The number of benzene rings is 1. The zero-order chi connectivity index (χ0) is 13.4. The van der Waals surface area contributed by atoms with Gasteiger partial charge in [0.15, 0.2) is 0 Å². The highest BCUT2D eigenvalue weighted by atomic mass is 19.1. The predicted molar refractivity (Wildman–Crippen MR) is 69.2 cm³/mol. The summed E-state index contributed by atoms with van der Waals surface area (Å²) in [6.07, 6.45) is 2.95. The molecule has 0 saturated carbocycles. The number of hydrogen-bond acceptors (Lipinski definition) is 2. The van der Waals surface area contributed by atoms with Gasteiger partial charge in [-0.15, -0.1) is 0 Å². The molecule has 3 nitrogen and oxygen atoms in total. The number of halogens is 1. The number of amides is 1. The van der Waals surface area contributed by atoms with Crippen LogP contribution < -0.4 is 5.32 Å². The van der Waals surface area contributed by atoms with Crippen LogP contribution in [0.1, 0.15) is 35.2 Å². The molecular formula is C14H20FNO2. The van der Waals surface area contributed by atoms with Crippen molar-refractivity contribution in [1.29, 1.82) is 0 Å². The van der Waals surface area contributed by atoms with E-state index in [-0.39, 0.29) is 11.7 Å². The molecule has 0 saturated heterocycles. The fraction of sp³-hybridized carbons (Fsp3) is 0.500. The first kappa shape index (κ1) is 14.6. The van der Waals surface area contributed by atoms with Crippen molar-refractivity contribution >= 4 is 5.91 Å². The first-order chi connectivity index (χ1) is 8.65. The molecular weight excluding hydrogens is 233 g/mol. The molecule has 0 aliphatic heterocycles. The van der Waals surface area contributed by atoms with Gasteiger partial charge in [-0.25, -0.2) is 4.39 Å². The number of ether oxygens (including phenoxy) is 1. The Kier molecular flexibility index (Phi) is 6.36. The van der Waals surface area contributed by atoms with Crippen LogP contribution in [-0.4, -0.2) is 26.2 Å². The summed E-state index contributed by atoms with van der Waals surface area (Å²) in [6.45, 7) is 3.04. The minimum absolute atomic E-state index is 0.148. The van der Waals surface area contributed by atoms with Crippen LogP contribution in [0.15, 0.2) is 18.2 Å². The Morgan fingerprint density at radius 1 is 1.33 bits per heavy atom. The second kappa shape index (κ2) is 7.82. The number of hydrogen-bond donors (Lipinski definition) is 1. The molecule has 1 N–H and O–H groups in total. The summed E-state index contributed by atoms with van der Waals surface area (Å²) in [5, 5.41) is 2.82. The average molecular weight is 253 g/mol. The lowest BCUT2D eigenvalue weighted by molar-refractivity contribution is 0.0952. The van der Waals surface area contributed by atoms with Crippen LogP contribution in [0.2, 0.25) is 0 Å². The van der Waals surface area contributed by atoms with Crippen LogP contribution in [0, 0.1) is 12.7 Å². The van der Waals surface area contributed by atoms with E-state index in [1.807, 2.05) is 0 Å². The quantitative estimate of drug-likeness (QED) is 0.759. The number of nitrogens with one attached hydrogen (secondary N) is 1. The van der Waals surface area contributed by atoms with Gasteiger partial charge in [-0.3, -0.25) is 4.79 Å². The molecule has 0 atom stereocenters. The van der Waals surface area contributed by atoms with E-state index < -0.39 is 0 Å². The molecule has 1 amide bonds. The molecule has 0 unspecified atom stereocenters. The Balaban J connectivity index is 2.30. The van der Waals surface area contributed by atoms with Gasteiger partial charge in [-0.2, -0.15) is 0 Å². The first-order valence-corrected chi connectivity index (χ1v) is 6.18. The van der Waals surface area contributed by atoms with Crippen LogP contribution in [0.3, 0.4) is 0 Å². The summed E-state index contributed by atoms with van der Waals surface area (Å²) < 4.78 is 18.0. The van der Waals surface area contributed by atoms with E-state index in [0.717, 1.165) is 25.9 Å². The smallest absolute Gasteiger partial charge is 0.251 e. The molecule has 100 valence electrons. The lowest BCUT2D eigenvalue weighted by Crippen LogP contribution is -2.24. The molecule has 0 spiro atoms. The molecule has 4 heteroatoms. The summed E-state index contributed by atoms with van der Waals surface area (Å²) >= 11 is 0. The highest BCUT2D eigenvalue weighted by molar-refractivity contribution is 5.94. The summed E-state index contributed by atoms with van der Waals surface area (Å²) in [6, 6.07) is 4.39. The Morgan fingerprint density at radius 2 is 2.11 bits per heavy atom. The van der Waals surface area contributed by atoms with Crippen molar-refractivity contribution in [2.24, 2.45) is 0 Å². The lowest BCUT2D eigenvalue weighted by atomic mass is 10.1. The van der Waals surface area contributed by atoms with Crippen molar-refractivity contribution < 1.29 is 13.9 Å². The largest absolute Gasteiger partial charge is 0.385 e. The van der Waals surface area contributed by atoms with Crippen molar-refractivity contribution in [1.82, 2.24) is 5.32 Å². The molecule has 1 aromatic carbocycles.